The molecule has 0 aliphatic carbocycles. The predicted octanol–water partition coefficient (Wildman–Crippen LogP) is -0.352. The summed E-state index contributed by atoms with van der Waals surface area (Å²) in [6.07, 6.45) is 3.62. The molecular formula is C8H12N4O. The highest BCUT2D eigenvalue weighted by molar-refractivity contribution is 5.95. The topological polar surface area (TPSA) is 75.0 Å². The van der Waals surface area contributed by atoms with Crippen LogP contribution in [-0.2, 0) is 11.2 Å². The Bertz CT molecular complexity index is 320. The number of nitrogens with two attached hydrogens (primary N) is 1. The van der Waals surface area contributed by atoms with Crippen molar-refractivity contribution < 1.29 is 4.79 Å². The van der Waals surface area contributed by atoms with Crippen LogP contribution in [0.2, 0.25) is 0 Å². The van der Waals surface area contributed by atoms with Crippen molar-refractivity contribution in [3.05, 3.63) is 11.9 Å². The SMILES string of the molecule is NCC(=O)N1CCCc2[nH]ncc21. The summed E-state index contributed by atoms with van der Waals surface area (Å²) in [6.45, 7) is 0.813. The smallest absolute Gasteiger partial charge is 0.240 e. The lowest BCUT2D eigenvalue weighted by Crippen LogP contribution is -2.39. The van der Waals surface area contributed by atoms with Crippen molar-refractivity contribution in [3.63, 3.8) is 0 Å². The molecule has 5 nitrogen and oxygen atoms in total. The van der Waals surface area contributed by atoms with Crippen LogP contribution < -0.4 is 10.6 Å². The minimum absolute atomic E-state index is 0.0395. The minimum atomic E-state index is -0.0395. The van der Waals surface area contributed by atoms with Crippen LogP contribution in [0.25, 0.3) is 0 Å². The van der Waals surface area contributed by atoms with Gasteiger partial charge in [-0.15, -0.1) is 0 Å². The monoisotopic (exact) mass is 180 g/mol. The molecule has 1 aliphatic rings. The molecule has 0 spiro atoms. The summed E-state index contributed by atoms with van der Waals surface area (Å²) in [6, 6.07) is 0. The molecule has 1 aromatic rings. The van der Waals surface area contributed by atoms with Crippen LogP contribution >= 0.6 is 0 Å². The first-order valence-corrected chi connectivity index (χ1v) is 4.35. The van der Waals surface area contributed by atoms with Crippen molar-refractivity contribution in [3.8, 4) is 0 Å². The lowest BCUT2D eigenvalue weighted by Gasteiger charge is -2.25. The van der Waals surface area contributed by atoms with Crippen LogP contribution in [0.15, 0.2) is 6.20 Å². The average Bonchev–Trinajstić information content (AvgIpc) is 2.63. The van der Waals surface area contributed by atoms with E-state index in [1.54, 1.807) is 11.1 Å². The van der Waals surface area contributed by atoms with Gasteiger partial charge in [-0.05, 0) is 12.8 Å². The van der Waals surface area contributed by atoms with Gasteiger partial charge in [0.05, 0.1) is 24.1 Å². The van der Waals surface area contributed by atoms with Crippen LogP contribution in [0.3, 0.4) is 0 Å². The number of H-pyrrole nitrogens is 1. The molecule has 0 fully saturated rings. The number of rotatable bonds is 1. The molecule has 13 heavy (non-hydrogen) atoms. The molecule has 0 bridgehead atoms. The summed E-state index contributed by atoms with van der Waals surface area (Å²) in [5.41, 5.74) is 7.23. The summed E-state index contributed by atoms with van der Waals surface area (Å²) in [4.78, 5) is 13.1. The lowest BCUT2D eigenvalue weighted by atomic mass is 10.1. The standard InChI is InChI=1S/C8H12N4O/c9-4-8(13)12-3-1-2-6-7(12)5-10-11-6/h5H,1-4,9H2,(H,10,11). The van der Waals surface area contributed by atoms with Crippen molar-refractivity contribution in [2.24, 2.45) is 5.73 Å². The second-order valence-corrected chi connectivity index (χ2v) is 3.09. The second-order valence-electron chi connectivity index (χ2n) is 3.09. The van der Waals surface area contributed by atoms with Gasteiger partial charge in [0.25, 0.3) is 0 Å². The number of hydrogen-bond donors (Lipinski definition) is 2. The van der Waals surface area contributed by atoms with Gasteiger partial charge in [0.2, 0.25) is 5.91 Å². The van der Waals surface area contributed by atoms with Crippen LogP contribution in [-0.4, -0.2) is 29.2 Å². The molecule has 0 saturated carbocycles. The van der Waals surface area contributed by atoms with Crippen LogP contribution in [0.1, 0.15) is 12.1 Å². The van der Waals surface area contributed by atoms with Gasteiger partial charge in [0, 0.05) is 6.54 Å². The van der Waals surface area contributed by atoms with E-state index in [1.807, 2.05) is 0 Å². The number of anilines is 1. The molecule has 1 amide bonds. The largest absolute Gasteiger partial charge is 0.322 e. The van der Waals surface area contributed by atoms with Crippen molar-refractivity contribution in [2.45, 2.75) is 12.8 Å². The number of amides is 1. The molecule has 0 atom stereocenters. The number of aryl methyl sites for hydroxylation is 1. The van der Waals surface area contributed by atoms with Gasteiger partial charge >= 0.3 is 0 Å². The van der Waals surface area contributed by atoms with Gasteiger partial charge in [0.15, 0.2) is 0 Å². The lowest BCUT2D eigenvalue weighted by molar-refractivity contribution is -0.117. The maximum atomic E-state index is 11.4. The summed E-state index contributed by atoms with van der Waals surface area (Å²) in [5, 5.41) is 6.79. The summed E-state index contributed by atoms with van der Waals surface area (Å²) in [5.74, 6) is -0.0395. The van der Waals surface area contributed by atoms with Crippen LogP contribution in [0, 0.1) is 0 Å². The zero-order chi connectivity index (χ0) is 9.26. The van der Waals surface area contributed by atoms with Crippen LogP contribution in [0.5, 0.6) is 0 Å². The Labute approximate surface area is 75.9 Å². The third kappa shape index (κ3) is 1.31. The zero-order valence-corrected chi connectivity index (χ0v) is 7.29. The Kier molecular flexibility index (Phi) is 2.02. The van der Waals surface area contributed by atoms with Gasteiger partial charge in [-0.3, -0.25) is 9.89 Å². The highest BCUT2D eigenvalue weighted by atomic mass is 16.2. The molecule has 2 heterocycles. The number of aromatic nitrogens is 2. The number of carbonyl (C=O) groups excluding carboxylic acids is 1. The Balaban J connectivity index is 2.30. The number of hydrogen-bond acceptors (Lipinski definition) is 3. The van der Waals surface area contributed by atoms with E-state index in [-0.39, 0.29) is 12.5 Å². The van der Waals surface area contributed by atoms with E-state index in [4.69, 9.17) is 5.73 Å². The van der Waals surface area contributed by atoms with Crippen LogP contribution in [0.4, 0.5) is 5.69 Å². The second kappa shape index (κ2) is 3.18. The molecule has 1 aromatic heterocycles. The highest BCUT2D eigenvalue weighted by Gasteiger charge is 2.22. The molecule has 0 aromatic carbocycles. The zero-order valence-electron chi connectivity index (χ0n) is 7.29. The summed E-state index contributed by atoms with van der Waals surface area (Å²) >= 11 is 0. The number of carbonyl (C=O) groups is 1. The first-order valence-electron chi connectivity index (χ1n) is 4.35. The van der Waals surface area contributed by atoms with E-state index < -0.39 is 0 Å². The number of aromatic amines is 1. The Morgan fingerprint density at radius 1 is 1.77 bits per heavy atom. The molecule has 0 saturated heterocycles. The molecule has 3 N–H and O–H groups in total. The fourth-order valence-electron chi connectivity index (χ4n) is 1.63. The van der Waals surface area contributed by atoms with E-state index in [9.17, 15) is 4.79 Å². The maximum absolute atomic E-state index is 11.4. The van der Waals surface area contributed by atoms with E-state index >= 15 is 0 Å². The Morgan fingerprint density at radius 3 is 3.38 bits per heavy atom. The fourth-order valence-corrected chi connectivity index (χ4v) is 1.63. The number of nitrogens with zero attached hydrogens (tertiary/aromatic N) is 2. The first-order chi connectivity index (χ1) is 6.33. The third-order valence-electron chi connectivity index (χ3n) is 2.27. The van der Waals surface area contributed by atoms with E-state index in [0.29, 0.717) is 0 Å². The molecule has 5 heteroatoms. The molecule has 0 unspecified atom stereocenters. The minimum Gasteiger partial charge on any atom is -0.322 e. The molecule has 2 rings (SSSR count). The van der Waals surface area contributed by atoms with E-state index in [1.165, 1.54) is 0 Å². The van der Waals surface area contributed by atoms with Gasteiger partial charge < -0.3 is 10.6 Å². The quantitative estimate of drug-likeness (QED) is 0.620. The van der Waals surface area contributed by atoms with Gasteiger partial charge in [0.1, 0.15) is 0 Å². The summed E-state index contributed by atoms with van der Waals surface area (Å²) < 4.78 is 0. The van der Waals surface area contributed by atoms with Crippen molar-refractivity contribution in [1.29, 1.82) is 0 Å². The highest BCUT2D eigenvalue weighted by Crippen LogP contribution is 2.24. The van der Waals surface area contributed by atoms with E-state index in [2.05, 4.69) is 10.2 Å². The first kappa shape index (κ1) is 8.25. The fraction of sp³-hybridized carbons (Fsp3) is 0.500. The van der Waals surface area contributed by atoms with Gasteiger partial charge in [-0.1, -0.05) is 0 Å². The average molecular weight is 180 g/mol. The molecule has 70 valence electrons. The molecule has 1 aliphatic heterocycles. The van der Waals surface area contributed by atoms with Gasteiger partial charge in [-0.25, -0.2) is 0 Å². The normalized spacial score (nSPS) is 15.6. The maximum Gasteiger partial charge on any atom is 0.240 e. The van der Waals surface area contributed by atoms with Crippen molar-refractivity contribution in [2.75, 3.05) is 18.0 Å². The van der Waals surface area contributed by atoms with Crippen molar-refractivity contribution >= 4 is 11.6 Å². The summed E-state index contributed by atoms with van der Waals surface area (Å²) in [7, 11) is 0. The van der Waals surface area contributed by atoms with Gasteiger partial charge in [-0.2, -0.15) is 5.10 Å². The molecular weight excluding hydrogens is 168 g/mol. The Morgan fingerprint density at radius 2 is 2.62 bits per heavy atom. The third-order valence-corrected chi connectivity index (χ3v) is 2.27. The van der Waals surface area contributed by atoms with E-state index in [0.717, 1.165) is 30.8 Å². The Hall–Kier alpha value is -1.36. The number of fused-ring (bicyclic) bond motifs is 1. The number of nitrogens with one attached hydrogen (secondary N) is 1. The predicted molar refractivity (Wildman–Crippen MR) is 48.3 cm³/mol. The molecule has 0 radical (unpaired) electrons. The van der Waals surface area contributed by atoms with Crippen molar-refractivity contribution in [1.82, 2.24) is 10.2 Å².